The second-order valence-electron chi connectivity index (χ2n) is 4.54. The fourth-order valence-electron chi connectivity index (χ4n) is 2.22. The lowest BCUT2D eigenvalue weighted by Gasteiger charge is -2.18. The van der Waals surface area contributed by atoms with E-state index in [-0.39, 0.29) is 0 Å². The van der Waals surface area contributed by atoms with Gasteiger partial charge in [0.1, 0.15) is 0 Å². The van der Waals surface area contributed by atoms with Crippen LogP contribution in [0.5, 0.6) is 0 Å². The van der Waals surface area contributed by atoms with Crippen molar-refractivity contribution in [2.45, 2.75) is 6.42 Å². The molecule has 1 aliphatic heterocycles. The van der Waals surface area contributed by atoms with Gasteiger partial charge in [-0.1, -0.05) is 54.7 Å². The van der Waals surface area contributed by atoms with E-state index in [0.717, 1.165) is 27.6 Å². The predicted molar refractivity (Wildman–Crippen MR) is 84.7 cm³/mol. The number of benzene rings is 2. The normalized spacial score (nSPS) is 14.7. The summed E-state index contributed by atoms with van der Waals surface area (Å²) < 4.78 is 0. The summed E-state index contributed by atoms with van der Waals surface area (Å²) in [6.07, 6.45) is 0.699. The summed E-state index contributed by atoms with van der Waals surface area (Å²) in [5, 5.41) is 0. The summed E-state index contributed by atoms with van der Waals surface area (Å²) in [4.78, 5) is 7.74. The Balaban J connectivity index is 2.14. The average molecular weight is 266 g/mol. The zero-order chi connectivity index (χ0) is 13.2. The minimum absolute atomic E-state index is 0.699. The predicted octanol–water partition coefficient (Wildman–Crippen LogP) is 3.97. The number of nitrogens with zero attached hydrogens (tertiary/aromatic N) is 2. The van der Waals surface area contributed by atoms with Crippen LogP contribution in [0.25, 0.3) is 0 Å². The molecule has 3 rings (SSSR count). The minimum atomic E-state index is 0.699. The van der Waals surface area contributed by atoms with Crippen LogP contribution < -0.4 is 4.90 Å². The SMILES string of the molecule is CN1C(=S)CC(c2ccccc2)=Nc2ccccc21. The van der Waals surface area contributed by atoms with E-state index in [1.54, 1.807) is 0 Å². The maximum Gasteiger partial charge on any atom is 0.0882 e. The van der Waals surface area contributed by atoms with Crippen molar-refractivity contribution in [3.8, 4) is 0 Å². The molecule has 0 saturated carbocycles. The van der Waals surface area contributed by atoms with E-state index in [1.165, 1.54) is 0 Å². The molecule has 0 fully saturated rings. The summed E-state index contributed by atoms with van der Waals surface area (Å²) in [5.41, 5.74) is 4.21. The third-order valence-electron chi connectivity index (χ3n) is 3.30. The summed E-state index contributed by atoms with van der Waals surface area (Å²) in [7, 11) is 2.00. The van der Waals surface area contributed by atoms with Crippen molar-refractivity contribution < 1.29 is 0 Å². The van der Waals surface area contributed by atoms with Gasteiger partial charge in [0.2, 0.25) is 0 Å². The molecular formula is C16H14N2S. The summed E-state index contributed by atoms with van der Waals surface area (Å²) in [6, 6.07) is 18.3. The number of anilines is 1. The van der Waals surface area contributed by atoms with Crippen LogP contribution in [0.15, 0.2) is 59.6 Å². The lowest BCUT2D eigenvalue weighted by molar-refractivity contribution is 1.27. The molecule has 1 aliphatic rings. The standard InChI is InChI=1S/C16H14N2S/c1-18-15-10-6-5-9-13(15)17-14(11-16(18)19)12-7-3-2-4-8-12/h2-10H,11H2,1H3. The van der Waals surface area contributed by atoms with Gasteiger partial charge >= 0.3 is 0 Å². The van der Waals surface area contributed by atoms with Gasteiger partial charge in [-0.3, -0.25) is 4.99 Å². The molecule has 19 heavy (non-hydrogen) atoms. The monoisotopic (exact) mass is 266 g/mol. The van der Waals surface area contributed by atoms with Crippen molar-refractivity contribution in [2.24, 2.45) is 4.99 Å². The molecule has 0 amide bonds. The van der Waals surface area contributed by atoms with E-state index >= 15 is 0 Å². The number of para-hydroxylation sites is 2. The molecule has 2 aromatic rings. The molecule has 94 valence electrons. The topological polar surface area (TPSA) is 15.6 Å². The van der Waals surface area contributed by atoms with E-state index in [0.29, 0.717) is 6.42 Å². The van der Waals surface area contributed by atoms with Crippen LogP contribution in [0.1, 0.15) is 12.0 Å². The highest BCUT2D eigenvalue weighted by atomic mass is 32.1. The first kappa shape index (κ1) is 12.1. The Bertz CT molecular complexity index is 647. The van der Waals surface area contributed by atoms with Crippen molar-refractivity contribution in [1.29, 1.82) is 0 Å². The van der Waals surface area contributed by atoms with Gasteiger partial charge in [-0.2, -0.15) is 0 Å². The van der Waals surface area contributed by atoms with Crippen molar-refractivity contribution in [3.63, 3.8) is 0 Å². The molecule has 1 heterocycles. The third kappa shape index (κ3) is 2.29. The van der Waals surface area contributed by atoms with Gasteiger partial charge in [-0.15, -0.1) is 0 Å². The van der Waals surface area contributed by atoms with Gasteiger partial charge < -0.3 is 4.90 Å². The van der Waals surface area contributed by atoms with Gasteiger partial charge in [-0.25, -0.2) is 0 Å². The molecule has 3 heteroatoms. The van der Waals surface area contributed by atoms with E-state index in [1.807, 2.05) is 48.3 Å². The van der Waals surface area contributed by atoms with Crippen LogP contribution in [0.4, 0.5) is 11.4 Å². The zero-order valence-corrected chi connectivity index (χ0v) is 11.5. The second kappa shape index (κ2) is 4.94. The third-order valence-corrected chi connectivity index (χ3v) is 3.72. The number of fused-ring (bicyclic) bond motifs is 1. The summed E-state index contributed by atoms with van der Waals surface area (Å²) in [6.45, 7) is 0. The molecule has 2 nitrogen and oxygen atoms in total. The fraction of sp³-hybridized carbons (Fsp3) is 0.125. The lowest BCUT2D eigenvalue weighted by atomic mass is 10.1. The highest BCUT2D eigenvalue weighted by Gasteiger charge is 2.18. The molecule has 0 unspecified atom stereocenters. The van der Waals surface area contributed by atoms with Gasteiger partial charge in [0.05, 0.1) is 22.1 Å². The average Bonchev–Trinajstić information content (AvgIpc) is 2.58. The zero-order valence-electron chi connectivity index (χ0n) is 10.7. The molecule has 2 aromatic carbocycles. The molecule has 0 spiro atoms. The maximum absolute atomic E-state index is 5.51. The second-order valence-corrected chi connectivity index (χ2v) is 5.01. The van der Waals surface area contributed by atoms with E-state index in [9.17, 15) is 0 Å². The van der Waals surface area contributed by atoms with Gasteiger partial charge in [0, 0.05) is 13.5 Å². The molecule has 0 saturated heterocycles. The maximum atomic E-state index is 5.51. The van der Waals surface area contributed by atoms with Crippen LogP contribution in [0.2, 0.25) is 0 Å². The van der Waals surface area contributed by atoms with Crippen molar-refractivity contribution in [1.82, 2.24) is 0 Å². The largest absolute Gasteiger partial charge is 0.337 e. The summed E-state index contributed by atoms with van der Waals surface area (Å²) >= 11 is 5.51. The number of thiocarbonyl (C=S) groups is 1. The Hall–Kier alpha value is -2.00. The molecule has 0 aromatic heterocycles. The molecular weight excluding hydrogens is 252 g/mol. The lowest BCUT2D eigenvalue weighted by Crippen LogP contribution is -2.25. The Kier molecular flexibility index (Phi) is 3.13. The number of aliphatic imine (C=N–C) groups is 1. The van der Waals surface area contributed by atoms with E-state index in [2.05, 4.69) is 18.2 Å². The molecule has 0 N–H and O–H groups in total. The quantitative estimate of drug-likeness (QED) is 0.726. The van der Waals surface area contributed by atoms with Gasteiger partial charge in [-0.05, 0) is 17.7 Å². The van der Waals surface area contributed by atoms with Crippen LogP contribution in [0, 0.1) is 0 Å². The van der Waals surface area contributed by atoms with Crippen molar-refractivity contribution >= 4 is 34.3 Å². The summed E-state index contributed by atoms with van der Waals surface area (Å²) in [5.74, 6) is 0. The van der Waals surface area contributed by atoms with Crippen LogP contribution >= 0.6 is 12.2 Å². The Morgan fingerprint density at radius 1 is 1.00 bits per heavy atom. The molecule has 0 bridgehead atoms. The number of hydrogen-bond donors (Lipinski definition) is 0. The van der Waals surface area contributed by atoms with Crippen LogP contribution in [-0.2, 0) is 0 Å². The molecule has 0 radical (unpaired) electrons. The van der Waals surface area contributed by atoms with Gasteiger partial charge in [0.15, 0.2) is 0 Å². The van der Waals surface area contributed by atoms with Crippen LogP contribution in [0.3, 0.4) is 0 Å². The molecule has 0 atom stereocenters. The first-order valence-electron chi connectivity index (χ1n) is 6.24. The smallest absolute Gasteiger partial charge is 0.0882 e. The van der Waals surface area contributed by atoms with Crippen molar-refractivity contribution in [3.05, 3.63) is 60.2 Å². The van der Waals surface area contributed by atoms with E-state index in [4.69, 9.17) is 17.2 Å². The first-order chi connectivity index (χ1) is 9.25. The first-order valence-corrected chi connectivity index (χ1v) is 6.65. The highest BCUT2D eigenvalue weighted by Crippen LogP contribution is 2.32. The number of hydrogen-bond acceptors (Lipinski definition) is 2. The number of rotatable bonds is 1. The molecule has 0 aliphatic carbocycles. The van der Waals surface area contributed by atoms with Gasteiger partial charge in [0.25, 0.3) is 0 Å². The highest BCUT2D eigenvalue weighted by molar-refractivity contribution is 7.80. The Morgan fingerprint density at radius 3 is 2.47 bits per heavy atom. The minimum Gasteiger partial charge on any atom is -0.337 e. The fourth-order valence-corrected chi connectivity index (χ4v) is 2.46. The Morgan fingerprint density at radius 2 is 1.68 bits per heavy atom. The van der Waals surface area contributed by atoms with E-state index < -0.39 is 0 Å². The van der Waals surface area contributed by atoms with Crippen molar-refractivity contribution in [2.75, 3.05) is 11.9 Å². The Labute approximate surface area is 118 Å². The van der Waals surface area contributed by atoms with Crippen LogP contribution in [-0.4, -0.2) is 17.7 Å².